The number of amides is 2. The minimum absolute atomic E-state index is 0.0337. The van der Waals surface area contributed by atoms with Gasteiger partial charge in [0.2, 0.25) is 5.91 Å². The second-order valence-corrected chi connectivity index (χ2v) is 13.6. The molecule has 7 nitrogen and oxygen atoms in total. The van der Waals surface area contributed by atoms with Crippen LogP contribution >= 0.6 is 39.1 Å². The molecule has 0 spiro atoms. The molecule has 45 heavy (non-hydrogen) atoms. The molecule has 2 amide bonds. The third kappa shape index (κ3) is 7.35. The summed E-state index contributed by atoms with van der Waals surface area (Å²) >= 11 is 16.3. The van der Waals surface area contributed by atoms with Crippen LogP contribution in [0, 0.1) is 6.92 Å². The fourth-order valence-corrected chi connectivity index (χ4v) is 7.34. The highest BCUT2D eigenvalue weighted by atomic mass is 79.9. The van der Waals surface area contributed by atoms with Crippen molar-refractivity contribution in [3.05, 3.63) is 97.4 Å². The average molecular weight is 714 g/mol. The van der Waals surface area contributed by atoms with Gasteiger partial charge in [-0.15, -0.1) is 0 Å². The summed E-state index contributed by atoms with van der Waals surface area (Å²) in [6.45, 7) is 5.74. The molecular weight excluding hydrogens is 677 g/mol. The molecule has 3 aromatic carbocycles. The topological polar surface area (TPSA) is 71.1 Å². The van der Waals surface area contributed by atoms with Crippen molar-refractivity contribution < 1.29 is 19.1 Å². The minimum atomic E-state index is -0.238. The first-order valence-corrected chi connectivity index (χ1v) is 16.8. The van der Waals surface area contributed by atoms with Gasteiger partial charge in [0.05, 0.1) is 16.1 Å². The molecule has 10 heteroatoms. The van der Waals surface area contributed by atoms with Crippen molar-refractivity contribution in [2.24, 2.45) is 0 Å². The molecular formula is C35H36BrCl2N3O4. The molecule has 3 aromatic rings. The summed E-state index contributed by atoms with van der Waals surface area (Å²) in [6.07, 6.45) is 2.65. The number of rotatable bonds is 10. The molecule has 2 atom stereocenters. The Bertz CT molecular complexity index is 1600. The zero-order valence-electron chi connectivity index (χ0n) is 25.3. The molecule has 236 valence electrons. The van der Waals surface area contributed by atoms with Gasteiger partial charge in [0.15, 0.2) is 5.75 Å². The Balaban J connectivity index is 1.22. The Hall–Kier alpha value is -3.04. The number of carbonyl (C=O) groups is 2. The minimum Gasteiger partial charge on any atom is -0.490 e. The van der Waals surface area contributed by atoms with Crippen molar-refractivity contribution in [1.29, 1.82) is 0 Å². The van der Waals surface area contributed by atoms with Gasteiger partial charge < -0.3 is 24.6 Å². The fraction of sp³-hybridized carbons (Fsp3) is 0.371. The molecule has 1 aliphatic carbocycles. The van der Waals surface area contributed by atoms with Crippen molar-refractivity contribution in [1.82, 2.24) is 15.1 Å². The van der Waals surface area contributed by atoms with Gasteiger partial charge in [-0.1, -0.05) is 69.5 Å². The molecule has 3 aliphatic rings. The van der Waals surface area contributed by atoms with Gasteiger partial charge in [0.25, 0.3) is 5.91 Å². The third-order valence-electron chi connectivity index (χ3n) is 8.57. The molecule has 2 aliphatic heterocycles. The van der Waals surface area contributed by atoms with Crippen molar-refractivity contribution in [2.45, 2.75) is 57.8 Å². The lowest BCUT2D eigenvalue weighted by molar-refractivity contribution is -0.132. The van der Waals surface area contributed by atoms with Crippen LogP contribution in [0.15, 0.2) is 70.7 Å². The quantitative estimate of drug-likeness (QED) is 0.228. The number of aryl methyl sites for hydroxylation is 1. The number of nitrogens with one attached hydrogen (secondary N) is 1. The van der Waals surface area contributed by atoms with E-state index in [0.29, 0.717) is 54.2 Å². The summed E-state index contributed by atoms with van der Waals surface area (Å²) in [5.74, 6) is 1.22. The number of nitrogens with zero attached hydrogens (tertiary/aromatic N) is 2. The summed E-state index contributed by atoms with van der Waals surface area (Å²) in [5, 5.41) is 4.60. The summed E-state index contributed by atoms with van der Waals surface area (Å²) in [6, 6.07) is 19.6. The molecule has 2 heterocycles. The number of fused-ring (bicyclic) bond motifs is 2. The predicted molar refractivity (Wildman–Crippen MR) is 181 cm³/mol. The average Bonchev–Trinajstić information content (AvgIpc) is 3.85. The summed E-state index contributed by atoms with van der Waals surface area (Å²) in [4.78, 5) is 30.8. The maximum absolute atomic E-state index is 14.5. The highest BCUT2D eigenvalue weighted by Crippen LogP contribution is 2.38. The van der Waals surface area contributed by atoms with Crippen LogP contribution in [-0.4, -0.2) is 66.0 Å². The van der Waals surface area contributed by atoms with Crippen LogP contribution < -0.4 is 14.8 Å². The molecule has 1 saturated heterocycles. The number of ether oxygens (including phenoxy) is 2. The lowest BCUT2D eigenvalue weighted by atomic mass is 9.82. The van der Waals surface area contributed by atoms with E-state index < -0.39 is 0 Å². The molecule has 0 aromatic heterocycles. The summed E-state index contributed by atoms with van der Waals surface area (Å²) in [7, 11) is 0. The first kappa shape index (κ1) is 31.9. The van der Waals surface area contributed by atoms with E-state index in [2.05, 4.69) is 27.3 Å². The van der Waals surface area contributed by atoms with E-state index in [1.165, 1.54) is 0 Å². The monoisotopic (exact) mass is 711 g/mol. The Morgan fingerprint density at radius 1 is 1.00 bits per heavy atom. The number of hydrogen-bond donors (Lipinski definition) is 1. The van der Waals surface area contributed by atoms with E-state index in [1.807, 2.05) is 71.3 Å². The van der Waals surface area contributed by atoms with Gasteiger partial charge in [-0.3, -0.25) is 9.59 Å². The Kier molecular flexibility index (Phi) is 9.76. The Labute approximate surface area is 282 Å². The normalized spacial score (nSPS) is 19.4. The first-order valence-electron chi connectivity index (χ1n) is 15.3. The zero-order valence-corrected chi connectivity index (χ0v) is 28.4. The molecule has 2 fully saturated rings. The Morgan fingerprint density at radius 2 is 1.69 bits per heavy atom. The maximum atomic E-state index is 14.5. The number of hydrogen-bond acceptors (Lipinski definition) is 5. The molecule has 2 bridgehead atoms. The number of benzene rings is 3. The van der Waals surface area contributed by atoms with Gasteiger partial charge in [-0.25, -0.2) is 0 Å². The van der Waals surface area contributed by atoms with Crippen LogP contribution in [0.4, 0.5) is 0 Å². The summed E-state index contributed by atoms with van der Waals surface area (Å²) < 4.78 is 12.7. The highest BCUT2D eigenvalue weighted by molar-refractivity contribution is 9.10. The number of halogens is 3. The lowest BCUT2D eigenvalue weighted by Gasteiger charge is -2.44. The van der Waals surface area contributed by atoms with Gasteiger partial charge in [-0.2, -0.15) is 0 Å². The second-order valence-electron chi connectivity index (χ2n) is 12.0. The van der Waals surface area contributed by atoms with E-state index in [1.54, 1.807) is 6.92 Å². The van der Waals surface area contributed by atoms with Crippen LogP contribution in [0.2, 0.25) is 10.0 Å². The molecule has 1 saturated carbocycles. The Morgan fingerprint density at radius 3 is 2.36 bits per heavy atom. The van der Waals surface area contributed by atoms with Crippen molar-refractivity contribution in [2.75, 3.05) is 26.3 Å². The van der Waals surface area contributed by atoms with Crippen LogP contribution in [0.25, 0.3) is 5.57 Å². The van der Waals surface area contributed by atoms with Crippen molar-refractivity contribution >= 4 is 56.5 Å². The largest absolute Gasteiger partial charge is 0.490 e. The van der Waals surface area contributed by atoms with Gasteiger partial charge in [-0.05, 0) is 78.8 Å². The van der Waals surface area contributed by atoms with Crippen LogP contribution in [0.1, 0.15) is 42.9 Å². The molecule has 6 rings (SSSR count). The van der Waals surface area contributed by atoms with E-state index in [4.69, 9.17) is 32.7 Å². The van der Waals surface area contributed by atoms with Crippen LogP contribution in [-0.2, 0) is 16.1 Å². The number of carbonyl (C=O) groups excluding carboxylic acids is 2. The highest BCUT2D eigenvalue weighted by Gasteiger charge is 2.43. The molecule has 0 unspecified atom stereocenters. The van der Waals surface area contributed by atoms with Crippen LogP contribution in [0.5, 0.6) is 11.5 Å². The van der Waals surface area contributed by atoms with Crippen molar-refractivity contribution in [3.63, 3.8) is 0 Å². The zero-order chi connectivity index (χ0) is 31.7. The maximum Gasteiger partial charge on any atom is 0.252 e. The van der Waals surface area contributed by atoms with E-state index in [9.17, 15) is 9.59 Å². The van der Waals surface area contributed by atoms with Gasteiger partial charge >= 0.3 is 0 Å². The van der Waals surface area contributed by atoms with E-state index in [-0.39, 0.29) is 36.5 Å². The SMILES string of the molecule is CC(=O)N1C[C@H]2CC(c3ccc(OCCOc4c(Cl)cc(C)cc4Cl)cc3)=C(C(=O)N(Cc3ccccc3Br)C3CC3)[C@@H](C1)N2. The molecule has 0 radical (unpaired) electrons. The van der Waals surface area contributed by atoms with Gasteiger partial charge in [0.1, 0.15) is 19.0 Å². The van der Waals surface area contributed by atoms with Gasteiger partial charge in [0, 0.05) is 48.7 Å². The number of piperazine rings is 1. The first-order chi connectivity index (χ1) is 21.7. The standard InChI is InChI=1S/C35H36BrCl2N3O4/c1-21-15-30(37)34(31(38)16-21)45-14-13-44-27-11-7-23(8-12-27)28-17-25-19-40(22(2)42)20-32(39-25)33(28)35(43)41(26-9-10-26)18-24-5-3-4-6-29(24)36/h3-8,11-12,15-16,25-26,32,39H,9-10,13-14,17-20H2,1-2H3/t25-,32-/m1/s1. The smallest absolute Gasteiger partial charge is 0.252 e. The lowest BCUT2D eigenvalue weighted by Crippen LogP contribution is -2.61. The molecule has 1 N–H and O–H groups in total. The second kappa shape index (κ2) is 13.8. The predicted octanol–water partition coefficient (Wildman–Crippen LogP) is 7.06. The third-order valence-corrected chi connectivity index (χ3v) is 9.91. The van der Waals surface area contributed by atoms with E-state index in [0.717, 1.165) is 45.2 Å². The van der Waals surface area contributed by atoms with Crippen LogP contribution in [0.3, 0.4) is 0 Å². The summed E-state index contributed by atoms with van der Waals surface area (Å²) in [5.41, 5.74) is 4.82. The van der Waals surface area contributed by atoms with Crippen molar-refractivity contribution in [3.8, 4) is 11.5 Å². The fourth-order valence-electron chi connectivity index (χ4n) is 6.22. The van der Waals surface area contributed by atoms with E-state index >= 15 is 0 Å².